The Balaban J connectivity index is 1.55. The van der Waals surface area contributed by atoms with Gasteiger partial charge in [0.05, 0.1) is 17.1 Å². The third kappa shape index (κ3) is 3.80. The van der Waals surface area contributed by atoms with Crippen molar-refractivity contribution in [2.24, 2.45) is 12.0 Å². The maximum Gasteiger partial charge on any atom is 0.297 e. The molecule has 6 nitrogen and oxygen atoms in total. The molecule has 7 heteroatoms. The fourth-order valence-corrected chi connectivity index (χ4v) is 6.11. The van der Waals surface area contributed by atoms with Crippen molar-refractivity contribution >= 4 is 28.0 Å². The van der Waals surface area contributed by atoms with Gasteiger partial charge in [-0.1, -0.05) is 55.7 Å². The van der Waals surface area contributed by atoms with Crippen LogP contribution in [0.25, 0.3) is 28.1 Å². The molecule has 0 radical (unpaired) electrons. The van der Waals surface area contributed by atoms with E-state index in [-0.39, 0.29) is 5.56 Å². The van der Waals surface area contributed by atoms with Crippen LogP contribution in [0.3, 0.4) is 0 Å². The number of benzene rings is 2. The summed E-state index contributed by atoms with van der Waals surface area (Å²) in [5.74, 6) is 0.848. The molecule has 3 heterocycles. The quantitative estimate of drug-likeness (QED) is 0.292. The maximum atomic E-state index is 13.5. The molecule has 1 saturated carbocycles. The molecule has 1 fully saturated rings. The van der Waals surface area contributed by atoms with Crippen LogP contribution in [0.4, 0.5) is 5.69 Å². The molecule has 6 rings (SSSR count). The van der Waals surface area contributed by atoms with Gasteiger partial charge in [0.25, 0.3) is 5.56 Å². The first-order valence-electron chi connectivity index (χ1n) is 12.2. The molecule has 0 saturated heterocycles. The summed E-state index contributed by atoms with van der Waals surface area (Å²) in [6, 6.07) is 20.3. The predicted octanol–water partition coefficient (Wildman–Crippen LogP) is 6.50. The summed E-state index contributed by atoms with van der Waals surface area (Å²) < 4.78 is 12.1. The second-order valence-electron chi connectivity index (χ2n) is 9.24. The minimum atomic E-state index is -0.106. The molecule has 2 aromatic carbocycles. The van der Waals surface area contributed by atoms with Crippen LogP contribution in [-0.4, -0.2) is 13.9 Å². The van der Waals surface area contributed by atoms with Crippen LogP contribution in [0.2, 0.25) is 0 Å². The average molecular weight is 485 g/mol. The molecule has 0 unspecified atom stereocenters. The lowest BCUT2D eigenvalue weighted by molar-refractivity contribution is 0.349. The zero-order chi connectivity index (χ0) is 23.9. The van der Waals surface area contributed by atoms with Gasteiger partial charge in [-0.2, -0.15) is 0 Å². The first-order chi connectivity index (χ1) is 17.1. The first kappa shape index (κ1) is 21.9. The number of fused-ring (bicyclic) bond motifs is 1. The molecule has 1 aliphatic carbocycles. The van der Waals surface area contributed by atoms with Gasteiger partial charge in [-0.05, 0) is 44.0 Å². The van der Waals surface area contributed by atoms with Crippen LogP contribution >= 0.6 is 11.3 Å². The van der Waals surface area contributed by atoms with E-state index in [2.05, 4.69) is 22.1 Å². The highest BCUT2D eigenvalue weighted by Crippen LogP contribution is 2.34. The molecule has 1 aliphatic rings. The fraction of sp³-hybridized carbons (Fsp3) is 0.286. The SMILES string of the molecule is Cc1c(N=c2scc(-c3cc4ccccc4o3)n2C2CCCCC2)c(=O)n(-c2ccccc2)n1C. The molecule has 3 aromatic heterocycles. The third-order valence-electron chi connectivity index (χ3n) is 7.09. The third-order valence-corrected chi connectivity index (χ3v) is 7.93. The van der Waals surface area contributed by atoms with Gasteiger partial charge in [-0.25, -0.2) is 9.67 Å². The molecule has 0 N–H and O–H groups in total. The fourth-order valence-electron chi connectivity index (χ4n) is 5.16. The van der Waals surface area contributed by atoms with Crippen molar-refractivity contribution in [3.05, 3.63) is 86.9 Å². The van der Waals surface area contributed by atoms with Crippen molar-refractivity contribution in [2.75, 3.05) is 0 Å². The Labute approximate surface area is 207 Å². The molecule has 0 aliphatic heterocycles. The summed E-state index contributed by atoms with van der Waals surface area (Å²) in [5, 5.41) is 3.21. The summed E-state index contributed by atoms with van der Waals surface area (Å²) in [6.45, 7) is 1.96. The highest BCUT2D eigenvalue weighted by Gasteiger charge is 2.23. The van der Waals surface area contributed by atoms with Crippen LogP contribution in [-0.2, 0) is 7.05 Å². The van der Waals surface area contributed by atoms with E-state index in [9.17, 15) is 4.79 Å². The van der Waals surface area contributed by atoms with E-state index in [0.29, 0.717) is 11.7 Å². The lowest BCUT2D eigenvalue weighted by Gasteiger charge is -2.24. The van der Waals surface area contributed by atoms with Crippen molar-refractivity contribution in [2.45, 2.75) is 45.1 Å². The lowest BCUT2D eigenvalue weighted by atomic mass is 9.95. The second-order valence-corrected chi connectivity index (χ2v) is 10.1. The smallest absolute Gasteiger partial charge is 0.297 e. The highest BCUT2D eigenvalue weighted by molar-refractivity contribution is 7.07. The Hall–Kier alpha value is -3.58. The molecule has 35 heavy (non-hydrogen) atoms. The van der Waals surface area contributed by atoms with Crippen LogP contribution in [0.5, 0.6) is 0 Å². The average Bonchev–Trinajstić information content (AvgIpc) is 3.56. The minimum absolute atomic E-state index is 0.106. The summed E-state index contributed by atoms with van der Waals surface area (Å²) in [7, 11) is 1.91. The normalized spacial score (nSPS) is 15.3. The van der Waals surface area contributed by atoms with Gasteiger partial charge < -0.3 is 8.98 Å². The molecule has 0 amide bonds. The minimum Gasteiger partial charge on any atom is -0.454 e. The number of aromatic nitrogens is 3. The number of para-hydroxylation sites is 2. The number of nitrogens with zero attached hydrogens (tertiary/aromatic N) is 4. The first-order valence-corrected chi connectivity index (χ1v) is 13.1. The van der Waals surface area contributed by atoms with Crippen molar-refractivity contribution in [3.8, 4) is 17.1 Å². The van der Waals surface area contributed by atoms with Crippen molar-refractivity contribution < 1.29 is 4.42 Å². The van der Waals surface area contributed by atoms with Gasteiger partial charge in [0, 0.05) is 23.9 Å². The van der Waals surface area contributed by atoms with E-state index in [4.69, 9.17) is 9.41 Å². The number of thiazole rings is 1. The van der Waals surface area contributed by atoms with Crippen LogP contribution in [0.15, 0.2) is 80.2 Å². The van der Waals surface area contributed by atoms with E-state index < -0.39 is 0 Å². The molecule has 0 bridgehead atoms. The predicted molar refractivity (Wildman–Crippen MR) is 141 cm³/mol. The lowest BCUT2D eigenvalue weighted by Crippen LogP contribution is -2.24. The molecular formula is C28H28N4O2S. The van der Waals surface area contributed by atoms with Crippen molar-refractivity contribution in [1.29, 1.82) is 0 Å². The summed E-state index contributed by atoms with van der Waals surface area (Å²) in [5.41, 5.74) is 3.97. The van der Waals surface area contributed by atoms with E-state index >= 15 is 0 Å². The monoisotopic (exact) mass is 484 g/mol. The Bertz CT molecular complexity index is 1590. The van der Waals surface area contributed by atoms with Gasteiger partial charge in [-0.3, -0.25) is 9.48 Å². The molecule has 0 spiro atoms. The van der Waals surface area contributed by atoms with E-state index in [1.54, 1.807) is 16.0 Å². The number of rotatable bonds is 4. The van der Waals surface area contributed by atoms with Crippen molar-refractivity contribution in [1.82, 2.24) is 13.9 Å². The topological polar surface area (TPSA) is 57.4 Å². The molecular weight excluding hydrogens is 456 g/mol. The van der Waals surface area contributed by atoms with Crippen LogP contribution < -0.4 is 10.4 Å². The Morgan fingerprint density at radius 2 is 1.74 bits per heavy atom. The zero-order valence-electron chi connectivity index (χ0n) is 20.0. The highest BCUT2D eigenvalue weighted by atomic mass is 32.1. The van der Waals surface area contributed by atoms with Gasteiger partial charge in [-0.15, -0.1) is 11.3 Å². The number of hydrogen-bond acceptors (Lipinski definition) is 4. The molecule has 178 valence electrons. The standard InChI is InChI=1S/C28H28N4O2S/c1-19-26(27(33)32(30(19)2)22-14-7-4-8-15-22)29-28-31(21-12-5-3-6-13-21)23(18-35-28)25-17-20-11-9-10-16-24(20)34-25/h4,7-11,14-18,21H,3,5-6,12-13H2,1-2H3. The van der Waals surface area contributed by atoms with Crippen molar-refractivity contribution in [3.63, 3.8) is 0 Å². The number of hydrogen-bond donors (Lipinski definition) is 0. The van der Waals surface area contributed by atoms with Gasteiger partial charge in [0.15, 0.2) is 16.2 Å². The molecule has 0 atom stereocenters. The maximum absolute atomic E-state index is 13.5. The second kappa shape index (κ2) is 8.89. The van der Waals surface area contributed by atoms with Gasteiger partial charge >= 0.3 is 0 Å². The van der Waals surface area contributed by atoms with E-state index in [1.165, 1.54) is 19.3 Å². The number of furan rings is 1. The molecule has 5 aromatic rings. The largest absolute Gasteiger partial charge is 0.454 e. The van der Waals surface area contributed by atoms with Crippen LogP contribution in [0.1, 0.15) is 43.8 Å². The summed E-state index contributed by atoms with van der Waals surface area (Å²) in [4.78, 5) is 19.4. The Kier molecular flexibility index (Phi) is 5.57. The van der Waals surface area contributed by atoms with Crippen LogP contribution in [0, 0.1) is 6.92 Å². The van der Waals surface area contributed by atoms with Gasteiger partial charge in [0.1, 0.15) is 5.58 Å². The Morgan fingerprint density at radius 1 is 1.00 bits per heavy atom. The zero-order valence-corrected chi connectivity index (χ0v) is 20.8. The van der Waals surface area contributed by atoms with E-state index in [0.717, 1.165) is 51.4 Å². The Morgan fingerprint density at radius 3 is 2.51 bits per heavy atom. The summed E-state index contributed by atoms with van der Waals surface area (Å²) in [6.07, 6.45) is 5.90. The van der Waals surface area contributed by atoms with Gasteiger partial charge in [0.2, 0.25) is 0 Å². The van der Waals surface area contributed by atoms with E-state index in [1.807, 2.05) is 67.2 Å². The summed E-state index contributed by atoms with van der Waals surface area (Å²) >= 11 is 1.58.